The first-order valence-electron chi connectivity index (χ1n) is 12.9. The van der Waals surface area contributed by atoms with Crippen LogP contribution in [-0.2, 0) is 4.79 Å². The molecule has 208 valence electrons. The first-order chi connectivity index (χ1) is 19.2. The fourth-order valence-electron chi connectivity index (χ4n) is 4.01. The number of benzene rings is 3. The molecule has 40 heavy (non-hydrogen) atoms. The second-order valence-electron chi connectivity index (χ2n) is 9.22. The molecule has 4 aromatic rings. The van der Waals surface area contributed by atoms with Crippen molar-refractivity contribution < 1.29 is 14.3 Å². The van der Waals surface area contributed by atoms with Gasteiger partial charge in [-0.2, -0.15) is 9.78 Å². The molecule has 1 heterocycles. The minimum absolute atomic E-state index is 0.00191. The molecule has 0 aliphatic carbocycles. The molecular weight excluding hydrogens is 596 g/mol. The molecule has 3 aromatic carbocycles. The van der Waals surface area contributed by atoms with Crippen LogP contribution in [0.5, 0.6) is 11.5 Å². The Bertz CT molecular complexity index is 1640. The highest BCUT2D eigenvalue weighted by molar-refractivity contribution is 9.10. The largest absolute Gasteiger partial charge is 0.490 e. The van der Waals surface area contributed by atoms with Crippen LogP contribution in [0.15, 0.2) is 69.0 Å². The predicted octanol–water partition coefficient (Wildman–Crippen LogP) is 6.93. The summed E-state index contributed by atoms with van der Waals surface area (Å²) in [6.07, 6.45) is 2.32. The van der Waals surface area contributed by atoms with E-state index in [-0.39, 0.29) is 34.8 Å². The van der Waals surface area contributed by atoms with Crippen LogP contribution in [0.25, 0.3) is 10.9 Å². The Morgan fingerprint density at radius 2 is 1.95 bits per heavy atom. The van der Waals surface area contributed by atoms with Gasteiger partial charge >= 0.3 is 0 Å². The number of hydrogen-bond donors (Lipinski definition) is 1. The highest BCUT2D eigenvalue weighted by Crippen LogP contribution is 2.36. The average molecular weight is 626 g/mol. The Kier molecular flexibility index (Phi) is 9.60. The van der Waals surface area contributed by atoms with E-state index in [1.54, 1.807) is 18.2 Å². The summed E-state index contributed by atoms with van der Waals surface area (Å²) in [4.78, 5) is 30.7. The molecule has 0 bridgehead atoms. The molecule has 0 saturated heterocycles. The van der Waals surface area contributed by atoms with Crippen LogP contribution in [-0.4, -0.2) is 35.0 Å². The van der Waals surface area contributed by atoms with Gasteiger partial charge in [0, 0.05) is 16.1 Å². The van der Waals surface area contributed by atoms with Crippen molar-refractivity contribution in [2.75, 3.05) is 18.5 Å². The van der Waals surface area contributed by atoms with E-state index in [2.05, 4.69) is 26.3 Å². The van der Waals surface area contributed by atoms with E-state index < -0.39 is 0 Å². The molecule has 8 nitrogen and oxygen atoms in total. The number of rotatable bonds is 10. The number of carbonyl (C=O) groups excluding carboxylic acids is 1. The van der Waals surface area contributed by atoms with E-state index in [0.717, 1.165) is 16.5 Å². The van der Waals surface area contributed by atoms with Gasteiger partial charge in [0.25, 0.3) is 11.5 Å². The Morgan fingerprint density at radius 3 is 2.67 bits per heavy atom. The molecule has 1 atom stereocenters. The first-order valence-corrected chi connectivity index (χ1v) is 14.1. The van der Waals surface area contributed by atoms with Gasteiger partial charge < -0.3 is 14.8 Å². The van der Waals surface area contributed by atoms with Crippen LogP contribution in [0.2, 0.25) is 5.02 Å². The fourth-order valence-corrected chi connectivity index (χ4v) is 4.64. The summed E-state index contributed by atoms with van der Waals surface area (Å²) in [6, 6.07) is 16.2. The van der Waals surface area contributed by atoms with Crippen molar-refractivity contribution in [1.29, 1.82) is 0 Å². The van der Waals surface area contributed by atoms with Gasteiger partial charge in [-0.25, -0.2) is 4.98 Å². The van der Waals surface area contributed by atoms with E-state index in [9.17, 15) is 9.59 Å². The van der Waals surface area contributed by atoms with Crippen molar-refractivity contribution in [3.05, 3.63) is 91.4 Å². The normalized spacial score (nSPS) is 12.1. The number of aromatic nitrogens is 2. The van der Waals surface area contributed by atoms with Crippen molar-refractivity contribution in [2.24, 2.45) is 5.10 Å². The van der Waals surface area contributed by atoms with Crippen molar-refractivity contribution >= 4 is 56.2 Å². The standard InChI is InChI=1S/C30H30BrClN4O4/c1-5-18(3)29-35-25-12-11-21(31)15-22(25)30(38)36(29)33-16-20-13-23(32)28(26(14-20)39-6-2)40-17-27(37)34-24-10-8-7-9-19(24)4/h7-16,18H,5-6,17H2,1-4H3,(H,34,37)/t18-/m1/s1. The molecule has 1 aromatic heterocycles. The minimum Gasteiger partial charge on any atom is -0.490 e. The topological polar surface area (TPSA) is 94.8 Å². The van der Waals surface area contributed by atoms with Crippen molar-refractivity contribution in [3.8, 4) is 11.5 Å². The number of para-hydroxylation sites is 1. The van der Waals surface area contributed by atoms with E-state index in [1.807, 2.05) is 64.1 Å². The van der Waals surface area contributed by atoms with Gasteiger partial charge in [0.05, 0.1) is 28.7 Å². The number of nitrogens with one attached hydrogen (secondary N) is 1. The third-order valence-electron chi connectivity index (χ3n) is 6.31. The highest BCUT2D eigenvalue weighted by atomic mass is 79.9. The lowest BCUT2D eigenvalue weighted by Gasteiger charge is -2.15. The van der Waals surface area contributed by atoms with Crippen LogP contribution in [0, 0.1) is 6.92 Å². The SMILES string of the molecule is CCOc1cc(C=Nn2c([C@H](C)CC)nc3ccc(Br)cc3c2=O)cc(Cl)c1OCC(=O)Nc1ccccc1C. The molecule has 0 aliphatic heterocycles. The zero-order valence-electron chi connectivity index (χ0n) is 22.7. The van der Waals surface area contributed by atoms with Gasteiger partial charge in [-0.3, -0.25) is 9.59 Å². The van der Waals surface area contributed by atoms with Crippen LogP contribution in [0.1, 0.15) is 50.1 Å². The van der Waals surface area contributed by atoms with Crippen LogP contribution >= 0.6 is 27.5 Å². The quantitative estimate of drug-likeness (QED) is 0.193. The fraction of sp³-hybridized carbons (Fsp3) is 0.267. The maximum atomic E-state index is 13.4. The van der Waals surface area contributed by atoms with E-state index in [0.29, 0.717) is 40.3 Å². The number of aryl methyl sites for hydroxylation is 1. The molecule has 0 fully saturated rings. The van der Waals surface area contributed by atoms with E-state index >= 15 is 0 Å². The van der Waals surface area contributed by atoms with Crippen molar-refractivity contribution in [2.45, 2.75) is 40.0 Å². The number of fused-ring (bicyclic) bond motifs is 1. The molecular formula is C30H30BrClN4O4. The van der Waals surface area contributed by atoms with E-state index in [4.69, 9.17) is 26.1 Å². The number of halogens is 2. The van der Waals surface area contributed by atoms with Crippen molar-refractivity contribution in [1.82, 2.24) is 9.66 Å². The van der Waals surface area contributed by atoms with Crippen molar-refractivity contribution in [3.63, 3.8) is 0 Å². The van der Waals surface area contributed by atoms with Crippen LogP contribution in [0.3, 0.4) is 0 Å². The summed E-state index contributed by atoms with van der Waals surface area (Å²) < 4.78 is 13.6. The third-order valence-corrected chi connectivity index (χ3v) is 7.08. The van der Waals surface area contributed by atoms with Gasteiger partial charge in [-0.05, 0) is 67.8 Å². The third kappa shape index (κ3) is 6.71. The highest BCUT2D eigenvalue weighted by Gasteiger charge is 2.17. The molecule has 1 N–H and O–H groups in total. The molecule has 10 heteroatoms. The lowest BCUT2D eigenvalue weighted by Crippen LogP contribution is -2.23. The zero-order chi connectivity index (χ0) is 28.8. The maximum Gasteiger partial charge on any atom is 0.282 e. The molecule has 1 amide bonds. The molecule has 0 spiro atoms. The lowest BCUT2D eigenvalue weighted by molar-refractivity contribution is -0.118. The summed E-state index contributed by atoms with van der Waals surface area (Å²) in [5, 5.41) is 8.04. The zero-order valence-corrected chi connectivity index (χ0v) is 25.0. The summed E-state index contributed by atoms with van der Waals surface area (Å²) in [5.74, 6) is 0.840. The number of amides is 1. The van der Waals surface area contributed by atoms with Crippen LogP contribution in [0.4, 0.5) is 5.69 Å². The summed E-state index contributed by atoms with van der Waals surface area (Å²) >= 11 is 9.99. The minimum atomic E-state index is -0.328. The number of hydrogen-bond acceptors (Lipinski definition) is 6. The average Bonchev–Trinajstić information content (AvgIpc) is 2.93. The monoisotopic (exact) mass is 624 g/mol. The maximum absolute atomic E-state index is 13.4. The van der Waals surface area contributed by atoms with Gasteiger partial charge in [0.15, 0.2) is 18.1 Å². The lowest BCUT2D eigenvalue weighted by atomic mass is 10.1. The Balaban J connectivity index is 1.63. The van der Waals surface area contributed by atoms with Gasteiger partial charge in [0.1, 0.15) is 5.82 Å². The number of ether oxygens (including phenoxy) is 2. The predicted molar refractivity (Wildman–Crippen MR) is 163 cm³/mol. The second kappa shape index (κ2) is 13.1. The summed E-state index contributed by atoms with van der Waals surface area (Å²) in [5.41, 5.74) is 2.58. The van der Waals surface area contributed by atoms with Gasteiger partial charge in [-0.1, -0.05) is 59.6 Å². The molecule has 0 unspecified atom stereocenters. The van der Waals surface area contributed by atoms with Crippen LogP contribution < -0.4 is 20.3 Å². The first kappa shape index (κ1) is 29.3. The number of nitrogens with zero attached hydrogens (tertiary/aromatic N) is 3. The smallest absolute Gasteiger partial charge is 0.282 e. The Labute approximate surface area is 246 Å². The van der Waals surface area contributed by atoms with Gasteiger partial charge in [-0.15, -0.1) is 0 Å². The number of carbonyl (C=O) groups is 1. The molecule has 4 rings (SSSR count). The number of anilines is 1. The summed E-state index contributed by atoms with van der Waals surface area (Å²) in [7, 11) is 0. The molecule has 0 radical (unpaired) electrons. The Morgan fingerprint density at radius 1 is 1.18 bits per heavy atom. The van der Waals surface area contributed by atoms with E-state index in [1.165, 1.54) is 10.9 Å². The Hall–Kier alpha value is -3.69. The molecule has 0 aliphatic rings. The second-order valence-corrected chi connectivity index (χ2v) is 10.5. The van der Waals surface area contributed by atoms with Gasteiger partial charge in [0.2, 0.25) is 0 Å². The summed E-state index contributed by atoms with van der Waals surface area (Å²) in [6.45, 7) is 7.87. The molecule has 0 saturated carbocycles.